The Bertz CT molecular complexity index is 612. The van der Waals surface area contributed by atoms with E-state index in [2.05, 4.69) is 11.4 Å². The molecule has 2 amide bonds. The molecule has 1 N–H and O–H groups in total. The summed E-state index contributed by atoms with van der Waals surface area (Å²) >= 11 is 1.45. The van der Waals surface area contributed by atoms with Crippen molar-refractivity contribution in [2.75, 3.05) is 6.54 Å². The fourth-order valence-corrected chi connectivity index (χ4v) is 2.98. The van der Waals surface area contributed by atoms with Crippen LogP contribution in [-0.4, -0.2) is 35.1 Å². The van der Waals surface area contributed by atoms with Gasteiger partial charge in [0.15, 0.2) is 6.10 Å². The third kappa shape index (κ3) is 4.21. The fraction of sp³-hybridized carbons (Fsp3) is 0.533. The monoisotopic (exact) mass is 321 g/mol. The largest absolute Gasteiger partial charge is 0.436 e. The van der Waals surface area contributed by atoms with Gasteiger partial charge in [-0.05, 0) is 26.8 Å². The molecule has 6 nitrogen and oxygen atoms in total. The number of hydrogen-bond acceptors (Lipinski definition) is 5. The van der Waals surface area contributed by atoms with E-state index < -0.39 is 17.7 Å². The molecule has 2 heterocycles. The Morgan fingerprint density at radius 2 is 2.32 bits per heavy atom. The second kappa shape index (κ2) is 6.36. The standard InChI is InChI=1S/C15H19N3O3S/c1-15(2,3)17-14(20)21-12-4-5-18(13(12)19)8-11-6-10(7-16)9-22-11/h6,9,12H,4-5,8H2,1-3H3,(H,17,20). The van der Waals surface area contributed by atoms with Crippen LogP contribution in [0, 0.1) is 11.3 Å². The van der Waals surface area contributed by atoms with Crippen LogP contribution in [0.15, 0.2) is 11.4 Å². The van der Waals surface area contributed by atoms with E-state index in [0.29, 0.717) is 25.1 Å². The number of nitriles is 1. The molecule has 1 atom stereocenters. The van der Waals surface area contributed by atoms with Gasteiger partial charge in [-0.1, -0.05) is 0 Å². The summed E-state index contributed by atoms with van der Waals surface area (Å²) in [5, 5.41) is 13.3. The van der Waals surface area contributed by atoms with Crippen molar-refractivity contribution in [3.05, 3.63) is 21.9 Å². The SMILES string of the molecule is CC(C)(C)NC(=O)OC1CCN(Cc2cc(C#N)cs2)C1=O. The number of rotatable bonds is 3. The molecule has 0 bridgehead atoms. The number of nitrogens with zero attached hydrogens (tertiary/aromatic N) is 2. The quantitative estimate of drug-likeness (QED) is 0.925. The minimum atomic E-state index is -0.724. The second-order valence-electron chi connectivity index (χ2n) is 6.23. The van der Waals surface area contributed by atoms with E-state index >= 15 is 0 Å². The van der Waals surface area contributed by atoms with Gasteiger partial charge in [0.2, 0.25) is 0 Å². The van der Waals surface area contributed by atoms with Crippen molar-refractivity contribution in [1.29, 1.82) is 5.26 Å². The minimum absolute atomic E-state index is 0.184. The Labute approximate surface area is 133 Å². The van der Waals surface area contributed by atoms with E-state index in [1.807, 2.05) is 20.8 Å². The summed E-state index contributed by atoms with van der Waals surface area (Å²) < 4.78 is 5.20. The first-order valence-electron chi connectivity index (χ1n) is 7.03. The number of carbonyl (C=O) groups excluding carboxylic acids is 2. The molecule has 0 spiro atoms. The van der Waals surface area contributed by atoms with Gasteiger partial charge >= 0.3 is 6.09 Å². The van der Waals surface area contributed by atoms with E-state index in [4.69, 9.17) is 10.00 Å². The maximum Gasteiger partial charge on any atom is 0.408 e. The lowest BCUT2D eigenvalue weighted by atomic mass is 10.1. The van der Waals surface area contributed by atoms with Crippen LogP contribution in [0.1, 0.15) is 37.6 Å². The maximum absolute atomic E-state index is 12.2. The van der Waals surface area contributed by atoms with E-state index in [9.17, 15) is 9.59 Å². The van der Waals surface area contributed by atoms with Gasteiger partial charge in [-0.2, -0.15) is 5.26 Å². The molecule has 1 aliphatic rings. The molecule has 1 aliphatic heterocycles. The van der Waals surface area contributed by atoms with Crippen molar-refractivity contribution in [3.8, 4) is 6.07 Å². The number of amides is 2. The van der Waals surface area contributed by atoms with Crippen molar-refractivity contribution < 1.29 is 14.3 Å². The van der Waals surface area contributed by atoms with Crippen LogP contribution in [0.3, 0.4) is 0 Å². The molecule has 2 rings (SSSR count). The maximum atomic E-state index is 12.2. The average Bonchev–Trinajstić information content (AvgIpc) is 2.98. The first-order chi connectivity index (χ1) is 10.3. The van der Waals surface area contributed by atoms with Gasteiger partial charge in [0.25, 0.3) is 5.91 Å². The number of likely N-dealkylation sites (tertiary alicyclic amines) is 1. The molecule has 0 aliphatic carbocycles. The van der Waals surface area contributed by atoms with E-state index in [-0.39, 0.29) is 5.91 Å². The van der Waals surface area contributed by atoms with Crippen LogP contribution in [-0.2, 0) is 16.1 Å². The highest BCUT2D eigenvalue weighted by Crippen LogP contribution is 2.21. The van der Waals surface area contributed by atoms with Crippen LogP contribution in [0.5, 0.6) is 0 Å². The molecule has 7 heteroatoms. The molecule has 1 aromatic heterocycles. The summed E-state index contributed by atoms with van der Waals surface area (Å²) in [6, 6.07) is 3.85. The highest BCUT2D eigenvalue weighted by molar-refractivity contribution is 7.10. The number of thiophene rings is 1. The van der Waals surface area contributed by atoms with Crippen LogP contribution in [0.4, 0.5) is 4.79 Å². The van der Waals surface area contributed by atoms with Crippen LogP contribution >= 0.6 is 11.3 Å². The molecule has 22 heavy (non-hydrogen) atoms. The minimum Gasteiger partial charge on any atom is -0.436 e. The van der Waals surface area contributed by atoms with Crippen molar-refractivity contribution in [1.82, 2.24) is 10.2 Å². The molecular weight excluding hydrogens is 302 g/mol. The van der Waals surface area contributed by atoms with E-state index in [1.54, 1.807) is 16.3 Å². The molecule has 1 aromatic rings. The molecule has 0 saturated carbocycles. The lowest BCUT2D eigenvalue weighted by Crippen LogP contribution is -2.43. The summed E-state index contributed by atoms with van der Waals surface area (Å²) in [7, 11) is 0. The Morgan fingerprint density at radius 1 is 1.59 bits per heavy atom. The number of alkyl carbamates (subject to hydrolysis) is 1. The lowest BCUT2D eigenvalue weighted by Gasteiger charge is -2.21. The summed E-state index contributed by atoms with van der Waals surface area (Å²) in [4.78, 5) is 26.6. The lowest BCUT2D eigenvalue weighted by molar-refractivity contribution is -0.135. The van der Waals surface area contributed by atoms with Crippen molar-refractivity contribution >= 4 is 23.3 Å². The number of ether oxygens (including phenoxy) is 1. The van der Waals surface area contributed by atoms with Gasteiger partial charge in [0.05, 0.1) is 12.1 Å². The van der Waals surface area contributed by atoms with E-state index in [1.165, 1.54) is 11.3 Å². The smallest absolute Gasteiger partial charge is 0.408 e. The fourth-order valence-electron chi connectivity index (χ4n) is 2.15. The summed E-state index contributed by atoms with van der Waals surface area (Å²) in [5.41, 5.74) is 0.201. The zero-order valence-electron chi connectivity index (χ0n) is 12.9. The topological polar surface area (TPSA) is 82.4 Å². The molecule has 0 radical (unpaired) electrons. The summed E-state index contributed by atoms with van der Waals surface area (Å²) in [6.45, 7) is 6.54. The number of nitrogens with one attached hydrogen (secondary N) is 1. The Hall–Kier alpha value is -2.07. The van der Waals surface area contributed by atoms with Crippen molar-refractivity contribution in [3.63, 3.8) is 0 Å². The van der Waals surface area contributed by atoms with E-state index in [0.717, 1.165) is 4.88 Å². The molecule has 0 aromatic carbocycles. The first-order valence-corrected chi connectivity index (χ1v) is 7.91. The number of hydrogen-bond donors (Lipinski definition) is 1. The van der Waals surface area contributed by atoms with Crippen LogP contribution < -0.4 is 5.32 Å². The third-order valence-electron chi connectivity index (χ3n) is 3.10. The zero-order chi connectivity index (χ0) is 16.3. The van der Waals surface area contributed by atoms with Gasteiger partial charge in [0.1, 0.15) is 6.07 Å². The van der Waals surface area contributed by atoms with Gasteiger partial charge < -0.3 is 15.0 Å². The predicted octanol–water partition coefficient (Wildman–Crippen LogP) is 2.25. The van der Waals surface area contributed by atoms with Gasteiger partial charge in [-0.3, -0.25) is 4.79 Å². The van der Waals surface area contributed by atoms with Gasteiger partial charge in [-0.15, -0.1) is 11.3 Å². The summed E-state index contributed by atoms with van der Waals surface area (Å²) in [6.07, 6.45) is -0.805. The predicted molar refractivity (Wildman–Crippen MR) is 82.2 cm³/mol. The normalized spacial score (nSPS) is 18.2. The summed E-state index contributed by atoms with van der Waals surface area (Å²) in [5.74, 6) is -0.184. The van der Waals surface area contributed by atoms with Gasteiger partial charge in [0, 0.05) is 28.8 Å². The molecule has 1 saturated heterocycles. The molecule has 1 unspecified atom stereocenters. The zero-order valence-corrected chi connectivity index (χ0v) is 13.7. The number of carbonyl (C=O) groups is 2. The average molecular weight is 321 g/mol. The second-order valence-corrected chi connectivity index (χ2v) is 7.23. The Morgan fingerprint density at radius 3 is 2.91 bits per heavy atom. The van der Waals surface area contributed by atoms with Crippen LogP contribution in [0.2, 0.25) is 0 Å². The van der Waals surface area contributed by atoms with Gasteiger partial charge in [-0.25, -0.2) is 4.79 Å². The Kier molecular flexibility index (Phi) is 4.71. The van der Waals surface area contributed by atoms with Crippen molar-refractivity contribution in [2.45, 2.75) is 45.4 Å². The van der Waals surface area contributed by atoms with Crippen LogP contribution in [0.25, 0.3) is 0 Å². The first kappa shape index (κ1) is 16.3. The Balaban J connectivity index is 1.89. The third-order valence-corrected chi connectivity index (χ3v) is 4.03. The molecule has 1 fully saturated rings. The highest BCUT2D eigenvalue weighted by atomic mass is 32.1. The molecule has 118 valence electrons. The molecular formula is C15H19N3O3S. The highest BCUT2D eigenvalue weighted by Gasteiger charge is 2.35. The van der Waals surface area contributed by atoms with Crippen molar-refractivity contribution in [2.24, 2.45) is 0 Å².